The molecule has 0 saturated heterocycles. The SMILES string of the molecule is Cc1cc(C)cc(NC(=O)c2cc(-c3ccccc3)nc3ccc(C)cc23)c1. The van der Waals surface area contributed by atoms with Gasteiger partial charge in [0.05, 0.1) is 16.8 Å². The average Bonchev–Trinajstić information content (AvgIpc) is 2.67. The predicted octanol–water partition coefficient (Wildman–Crippen LogP) is 6.08. The Morgan fingerprint density at radius 2 is 1.50 bits per heavy atom. The van der Waals surface area contributed by atoms with Crippen molar-refractivity contribution in [3.8, 4) is 11.3 Å². The van der Waals surface area contributed by atoms with Crippen LogP contribution in [0.3, 0.4) is 0 Å². The van der Waals surface area contributed by atoms with E-state index in [0.29, 0.717) is 5.56 Å². The van der Waals surface area contributed by atoms with Gasteiger partial charge in [-0.25, -0.2) is 4.98 Å². The van der Waals surface area contributed by atoms with Crippen LogP contribution in [0, 0.1) is 20.8 Å². The number of aryl methyl sites for hydroxylation is 3. The predicted molar refractivity (Wildman–Crippen MR) is 116 cm³/mol. The number of benzene rings is 3. The Kier molecular flexibility index (Phi) is 4.66. The van der Waals surface area contributed by atoms with Crippen LogP contribution < -0.4 is 5.32 Å². The summed E-state index contributed by atoms with van der Waals surface area (Å²) in [7, 11) is 0. The van der Waals surface area contributed by atoms with Gasteiger partial charge < -0.3 is 5.32 Å². The summed E-state index contributed by atoms with van der Waals surface area (Å²) in [5, 5.41) is 3.93. The Balaban J connectivity index is 1.83. The molecule has 0 radical (unpaired) electrons. The molecule has 0 saturated carbocycles. The van der Waals surface area contributed by atoms with Gasteiger partial charge in [0.2, 0.25) is 0 Å². The molecule has 4 rings (SSSR count). The summed E-state index contributed by atoms with van der Waals surface area (Å²) in [5.41, 5.74) is 7.38. The molecule has 0 unspecified atom stereocenters. The van der Waals surface area contributed by atoms with E-state index < -0.39 is 0 Å². The Labute approximate surface area is 165 Å². The summed E-state index contributed by atoms with van der Waals surface area (Å²) < 4.78 is 0. The quantitative estimate of drug-likeness (QED) is 0.477. The zero-order valence-electron chi connectivity index (χ0n) is 16.3. The van der Waals surface area contributed by atoms with Crippen molar-refractivity contribution in [1.29, 1.82) is 0 Å². The minimum absolute atomic E-state index is 0.125. The first-order valence-corrected chi connectivity index (χ1v) is 9.36. The van der Waals surface area contributed by atoms with Crippen molar-refractivity contribution in [1.82, 2.24) is 4.98 Å². The van der Waals surface area contributed by atoms with Crippen LogP contribution >= 0.6 is 0 Å². The van der Waals surface area contributed by atoms with E-state index in [-0.39, 0.29) is 5.91 Å². The van der Waals surface area contributed by atoms with E-state index in [9.17, 15) is 4.79 Å². The van der Waals surface area contributed by atoms with Gasteiger partial charge in [0, 0.05) is 16.6 Å². The minimum Gasteiger partial charge on any atom is -0.322 e. The Morgan fingerprint density at radius 3 is 2.21 bits per heavy atom. The molecule has 0 aliphatic carbocycles. The molecule has 1 amide bonds. The van der Waals surface area contributed by atoms with Crippen molar-refractivity contribution < 1.29 is 4.79 Å². The maximum absolute atomic E-state index is 13.2. The second-order valence-corrected chi connectivity index (χ2v) is 7.27. The van der Waals surface area contributed by atoms with Crippen LogP contribution in [0.2, 0.25) is 0 Å². The van der Waals surface area contributed by atoms with Crippen molar-refractivity contribution in [2.45, 2.75) is 20.8 Å². The van der Waals surface area contributed by atoms with Crippen LogP contribution in [0.4, 0.5) is 5.69 Å². The summed E-state index contributed by atoms with van der Waals surface area (Å²) in [5.74, 6) is -0.125. The smallest absolute Gasteiger partial charge is 0.256 e. The molecule has 4 aromatic rings. The number of amides is 1. The second kappa shape index (κ2) is 7.28. The van der Waals surface area contributed by atoms with Crippen LogP contribution in [0.15, 0.2) is 72.8 Å². The highest BCUT2D eigenvalue weighted by molar-refractivity contribution is 6.13. The molecule has 0 aliphatic heterocycles. The van der Waals surface area contributed by atoms with Crippen LogP contribution in [0.1, 0.15) is 27.0 Å². The molecule has 138 valence electrons. The number of fused-ring (bicyclic) bond motifs is 1. The van der Waals surface area contributed by atoms with Crippen LogP contribution in [0.25, 0.3) is 22.2 Å². The molecule has 0 atom stereocenters. The largest absolute Gasteiger partial charge is 0.322 e. The zero-order chi connectivity index (χ0) is 19.7. The lowest BCUT2D eigenvalue weighted by Gasteiger charge is -2.12. The number of nitrogens with zero attached hydrogens (tertiary/aromatic N) is 1. The molecule has 3 nitrogen and oxygen atoms in total. The molecule has 0 spiro atoms. The lowest BCUT2D eigenvalue weighted by atomic mass is 10.0. The first-order chi connectivity index (χ1) is 13.5. The van der Waals surface area contributed by atoms with Gasteiger partial charge in [-0.1, -0.05) is 48.0 Å². The Bertz CT molecular complexity index is 1160. The Morgan fingerprint density at radius 1 is 0.786 bits per heavy atom. The van der Waals surface area contributed by atoms with Crippen LogP contribution in [-0.2, 0) is 0 Å². The Hall–Kier alpha value is -3.46. The fourth-order valence-electron chi connectivity index (χ4n) is 3.53. The first kappa shape index (κ1) is 17.9. The lowest BCUT2D eigenvalue weighted by Crippen LogP contribution is -2.13. The topological polar surface area (TPSA) is 42.0 Å². The number of carbonyl (C=O) groups is 1. The van der Waals surface area contributed by atoms with Gasteiger partial charge in [0.25, 0.3) is 5.91 Å². The summed E-state index contributed by atoms with van der Waals surface area (Å²) in [6, 6.07) is 23.9. The van der Waals surface area contributed by atoms with E-state index in [0.717, 1.165) is 44.5 Å². The highest BCUT2D eigenvalue weighted by Crippen LogP contribution is 2.26. The minimum atomic E-state index is -0.125. The van der Waals surface area contributed by atoms with Crippen LogP contribution in [0.5, 0.6) is 0 Å². The van der Waals surface area contributed by atoms with Gasteiger partial charge in [0.15, 0.2) is 0 Å². The van der Waals surface area contributed by atoms with E-state index >= 15 is 0 Å². The first-order valence-electron chi connectivity index (χ1n) is 9.36. The van der Waals surface area contributed by atoms with Gasteiger partial charge >= 0.3 is 0 Å². The van der Waals surface area contributed by atoms with Crippen molar-refractivity contribution in [2.24, 2.45) is 0 Å². The highest BCUT2D eigenvalue weighted by Gasteiger charge is 2.15. The average molecular weight is 366 g/mol. The number of carbonyl (C=O) groups excluding carboxylic acids is 1. The number of hydrogen-bond donors (Lipinski definition) is 1. The number of hydrogen-bond acceptors (Lipinski definition) is 2. The molecule has 3 aromatic carbocycles. The van der Waals surface area contributed by atoms with E-state index in [1.54, 1.807) is 0 Å². The van der Waals surface area contributed by atoms with E-state index in [4.69, 9.17) is 4.98 Å². The monoisotopic (exact) mass is 366 g/mol. The summed E-state index contributed by atoms with van der Waals surface area (Å²) in [6.07, 6.45) is 0. The summed E-state index contributed by atoms with van der Waals surface area (Å²) >= 11 is 0. The third-order valence-electron chi connectivity index (χ3n) is 4.76. The number of nitrogens with one attached hydrogen (secondary N) is 1. The van der Waals surface area contributed by atoms with Gasteiger partial charge in [-0.15, -0.1) is 0 Å². The highest BCUT2D eigenvalue weighted by atomic mass is 16.1. The van der Waals surface area contributed by atoms with Gasteiger partial charge in [0.1, 0.15) is 0 Å². The molecule has 0 fully saturated rings. The third-order valence-corrected chi connectivity index (χ3v) is 4.76. The molecule has 28 heavy (non-hydrogen) atoms. The number of anilines is 1. The number of rotatable bonds is 3. The number of pyridine rings is 1. The van der Waals surface area contributed by atoms with Crippen molar-refractivity contribution in [3.63, 3.8) is 0 Å². The lowest BCUT2D eigenvalue weighted by molar-refractivity contribution is 0.102. The molecule has 0 aliphatic rings. The standard InChI is InChI=1S/C25H22N2O/c1-16-9-10-23-21(14-16)22(15-24(27-23)19-7-5-4-6-8-19)25(28)26-20-12-17(2)11-18(3)13-20/h4-15H,1-3H3,(H,26,28). The second-order valence-electron chi connectivity index (χ2n) is 7.27. The van der Waals surface area contributed by atoms with Crippen molar-refractivity contribution >= 4 is 22.5 Å². The summed E-state index contributed by atoms with van der Waals surface area (Å²) in [6.45, 7) is 6.08. The number of aromatic nitrogens is 1. The van der Waals surface area contributed by atoms with Gasteiger partial charge in [-0.3, -0.25) is 4.79 Å². The van der Waals surface area contributed by atoms with E-state index in [1.165, 1.54) is 0 Å². The van der Waals surface area contributed by atoms with Gasteiger partial charge in [-0.2, -0.15) is 0 Å². The summed E-state index contributed by atoms with van der Waals surface area (Å²) in [4.78, 5) is 18.0. The molecule has 1 heterocycles. The molecule has 3 heteroatoms. The van der Waals surface area contributed by atoms with Gasteiger partial charge in [-0.05, 0) is 62.2 Å². The molecular weight excluding hydrogens is 344 g/mol. The third kappa shape index (κ3) is 3.65. The molecular formula is C25H22N2O. The van der Waals surface area contributed by atoms with E-state index in [2.05, 4.69) is 11.4 Å². The zero-order valence-corrected chi connectivity index (χ0v) is 16.3. The normalized spacial score (nSPS) is 10.8. The maximum atomic E-state index is 13.2. The van der Waals surface area contributed by atoms with Crippen molar-refractivity contribution in [2.75, 3.05) is 5.32 Å². The maximum Gasteiger partial charge on any atom is 0.256 e. The molecule has 1 aromatic heterocycles. The van der Waals surface area contributed by atoms with E-state index in [1.807, 2.05) is 87.5 Å². The molecule has 0 bridgehead atoms. The van der Waals surface area contributed by atoms with Crippen molar-refractivity contribution in [3.05, 3.63) is 95.1 Å². The fourth-order valence-corrected chi connectivity index (χ4v) is 3.53. The fraction of sp³-hybridized carbons (Fsp3) is 0.120. The molecule has 1 N–H and O–H groups in total. The van der Waals surface area contributed by atoms with Crippen LogP contribution in [-0.4, -0.2) is 10.9 Å².